The van der Waals surface area contributed by atoms with Gasteiger partial charge in [0.1, 0.15) is 12.6 Å². The van der Waals surface area contributed by atoms with Crippen molar-refractivity contribution in [2.75, 3.05) is 10.8 Å². The van der Waals surface area contributed by atoms with Gasteiger partial charge in [-0.2, -0.15) is 0 Å². The molecule has 0 aromatic heterocycles. The second-order valence-electron chi connectivity index (χ2n) is 11.8. The van der Waals surface area contributed by atoms with Crippen molar-refractivity contribution < 1.29 is 18.0 Å². The summed E-state index contributed by atoms with van der Waals surface area (Å²) >= 11 is 9.95. The lowest BCUT2D eigenvalue weighted by atomic mass is 10.0. The normalized spacial score (nSPS) is 12.3. The zero-order valence-corrected chi connectivity index (χ0v) is 28.9. The Morgan fingerprint density at radius 2 is 1.47 bits per heavy atom. The molecule has 10 heteroatoms. The van der Waals surface area contributed by atoms with Crippen molar-refractivity contribution >= 4 is 55.1 Å². The summed E-state index contributed by atoms with van der Waals surface area (Å²) < 4.78 is 30.2. The van der Waals surface area contributed by atoms with Crippen molar-refractivity contribution in [3.8, 4) is 0 Å². The maximum atomic E-state index is 14.6. The van der Waals surface area contributed by atoms with Crippen LogP contribution in [-0.4, -0.2) is 43.3 Å². The molecule has 7 nitrogen and oxygen atoms in total. The Bertz CT molecular complexity index is 1750. The number of hydrogen-bond donors (Lipinski definition) is 1. The molecular weight excluding hydrogens is 674 g/mol. The van der Waals surface area contributed by atoms with E-state index in [-0.39, 0.29) is 29.5 Å². The summed E-state index contributed by atoms with van der Waals surface area (Å²) in [6.07, 6.45) is 0.226. The number of rotatable bonds is 11. The smallest absolute Gasteiger partial charge is 0.264 e. The van der Waals surface area contributed by atoms with Gasteiger partial charge in [0.05, 0.1) is 10.6 Å². The van der Waals surface area contributed by atoms with E-state index in [0.29, 0.717) is 10.6 Å². The van der Waals surface area contributed by atoms with Gasteiger partial charge in [-0.05, 0) is 80.8 Å². The molecular formula is C35H37BrClN3O4S. The average molecular weight is 711 g/mol. The van der Waals surface area contributed by atoms with Crippen LogP contribution in [0.15, 0.2) is 112 Å². The molecule has 45 heavy (non-hydrogen) atoms. The second-order valence-corrected chi connectivity index (χ2v) is 15.0. The first-order valence-electron chi connectivity index (χ1n) is 14.5. The van der Waals surface area contributed by atoms with Gasteiger partial charge in [0.15, 0.2) is 0 Å². The quantitative estimate of drug-likeness (QED) is 0.179. The predicted molar refractivity (Wildman–Crippen MR) is 184 cm³/mol. The first-order chi connectivity index (χ1) is 21.3. The van der Waals surface area contributed by atoms with Crippen molar-refractivity contribution in [1.82, 2.24) is 10.2 Å². The van der Waals surface area contributed by atoms with Crippen LogP contribution >= 0.6 is 27.5 Å². The van der Waals surface area contributed by atoms with E-state index >= 15 is 0 Å². The summed E-state index contributed by atoms with van der Waals surface area (Å²) in [5, 5.41) is 3.40. The van der Waals surface area contributed by atoms with E-state index in [1.807, 2.05) is 75.4 Å². The van der Waals surface area contributed by atoms with Crippen LogP contribution in [0.5, 0.6) is 0 Å². The van der Waals surface area contributed by atoms with Crippen LogP contribution in [0.2, 0.25) is 5.02 Å². The van der Waals surface area contributed by atoms with Crippen LogP contribution in [-0.2, 0) is 32.6 Å². The standard InChI is InChI=1S/C35H37BrClN3O4S/c1-25-30(37)19-12-20-31(25)40(45(43,44)29-17-9-6-10-18-29)24-33(41)39(23-27-15-11-16-28(36)21-27)32(34(42)38-35(2,3)4)22-26-13-7-5-8-14-26/h5-21,32H,22-24H2,1-4H3,(H,38,42). The molecule has 1 unspecified atom stereocenters. The molecule has 0 heterocycles. The maximum Gasteiger partial charge on any atom is 0.264 e. The lowest BCUT2D eigenvalue weighted by Crippen LogP contribution is -2.56. The molecule has 0 aliphatic heterocycles. The molecule has 0 aliphatic rings. The Balaban J connectivity index is 1.84. The highest BCUT2D eigenvalue weighted by molar-refractivity contribution is 9.10. The van der Waals surface area contributed by atoms with E-state index in [1.54, 1.807) is 43.3 Å². The molecule has 4 rings (SSSR count). The third-order valence-corrected chi connectivity index (χ3v) is 9.81. The number of halogens is 2. The first-order valence-corrected chi connectivity index (χ1v) is 17.1. The summed E-state index contributed by atoms with van der Waals surface area (Å²) in [6, 6.07) is 28.9. The van der Waals surface area contributed by atoms with Crippen LogP contribution in [0.4, 0.5) is 5.69 Å². The number of anilines is 1. The highest BCUT2D eigenvalue weighted by Crippen LogP contribution is 2.31. The minimum atomic E-state index is -4.22. The number of nitrogens with zero attached hydrogens (tertiary/aromatic N) is 2. The van der Waals surface area contributed by atoms with Crippen molar-refractivity contribution in [3.63, 3.8) is 0 Å². The molecule has 0 fully saturated rings. The maximum absolute atomic E-state index is 14.6. The summed E-state index contributed by atoms with van der Waals surface area (Å²) in [6.45, 7) is 6.86. The monoisotopic (exact) mass is 709 g/mol. The molecule has 2 amide bonds. The van der Waals surface area contributed by atoms with Gasteiger partial charge in [-0.25, -0.2) is 8.42 Å². The highest BCUT2D eigenvalue weighted by Gasteiger charge is 2.36. The number of carbonyl (C=O) groups is 2. The molecule has 0 aliphatic carbocycles. The van der Waals surface area contributed by atoms with Gasteiger partial charge in [-0.3, -0.25) is 13.9 Å². The Kier molecular flexibility index (Phi) is 11.1. The zero-order chi connectivity index (χ0) is 32.8. The van der Waals surface area contributed by atoms with Gasteiger partial charge in [-0.15, -0.1) is 0 Å². The Labute approximate surface area is 279 Å². The molecule has 0 radical (unpaired) electrons. The van der Waals surface area contributed by atoms with Gasteiger partial charge in [0, 0.05) is 28.0 Å². The second kappa shape index (κ2) is 14.6. The zero-order valence-electron chi connectivity index (χ0n) is 25.7. The minimum Gasteiger partial charge on any atom is -0.350 e. The Hall–Kier alpha value is -3.66. The average Bonchev–Trinajstić information content (AvgIpc) is 2.99. The number of carbonyl (C=O) groups excluding carboxylic acids is 2. The van der Waals surface area contributed by atoms with Crippen LogP contribution < -0.4 is 9.62 Å². The molecule has 1 atom stereocenters. The summed E-state index contributed by atoms with van der Waals surface area (Å²) in [5.41, 5.74) is 1.85. The summed E-state index contributed by atoms with van der Waals surface area (Å²) in [4.78, 5) is 30.1. The van der Waals surface area contributed by atoms with Crippen LogP contribution in [0.25, 0.3) is 0 Å². The molecule has 0 saturated carbocycles. The highest BCUT2D eigenvalue weighted by atomic mass is 79.9. The molecule has 4 aromatic carbocycles. The van der Waals surface area contributed by atoms with Crippen molar-refractivity contribution in [2.45, 2.75) is 57.1 Å². The van der Waals surface area contributed by atoms with Crippen LogP contribution in [0.3, 0.4) is 0 Å². The molecule has 0 bridgehead atoms. The number of sulfonamides is 1. The van der Waals surface area contributed by atoms with Crippen molar-refractivity contribution in [1.29, 1.82) is 0 Å². The molecule has 0 spiro atoms. The fraction of sp³-hybridized carbons (Fsp3) is 0.257. The topological polar surface area (TPSA) is 86.8 Å². The van der Waals surface area contributed by atoms with Crippen molar-refractivity contribution in [2.24, 2.45) is 0 Å². The van der Waals surface area contributed by atoms with E-state index in [1.165, 1.54) is 17.0 Å². The molecule has 1 N–H and O–H groups in total. The first kappa shape index (κ1) is 34.2. The number of amides is 2. The van der Waals surface area contributed by atoms with Crippen molar-refractivity contribution in [3.05, 3.63) is 129 Å². The van der Waals surface area contributed by atoms with E-state index in [2.05, 4.69) is 21.2 Å². The van der Waals surface area contributed by atoms with Gasteiger partial charge in [0.25, 0.3) is 10.0 Å². The fourth-order valence-electron chi connectivity index (χ4n) is 4.94. The lowest BCUT2D eigenvalue weighted by Gasteiger charge is -2.35. The van der Waals surface area contributed by atoms with Gasteiger partial charge in [0.2, 0.25) is 11.8 Å². The predicted octanol–water partition coefficient (Wildman–Crippen LogP) is 7.16. The Morgan fingerprint density at radius 1 is 0.867 bits per heavy atom. The molecule has 236 valence electrons. The number of nitrogens with one attached hydrogen (secondary N) is 1. The van der Waals surface area contributed by atoms with E-state index in [4.69, 9.17) is 11.6 Å². The summed E-state index contributed by atoms with van der Waals surface area (Å²) in [5.74, 6) is -0.884. The SMILES string of the molecule is Cc1c(Cl)cccc1N(CC(=O)N(Cc1cccc(Br)c1)C(Cc1ccccc1)C(=O)NC(C)(C)C)S(=O)(=O)c1ccccc1. The van der Waals surface area contributed by atoms with Gasteiger partial charge < -0.3 is 10.2 Å². The lowest BCUT2D eigenvalue weighted by molar-refractivity contribution is -0.140. The Morgan fingerprint density at radius 3 is 2.09 bits per heavy atom. The van der Waals surface area contributed by atoms with Gasteiger partial charge >= 0.3 is 0 Å². The molecule has 0 saturated heterocycles. The van der Waals surface area contributed by atoms with Crippen LogP contribution in [0.1, 0.15) is 37.5 Å². The van der Waals surface area contributed by atoms with E-state index in [0.717, 1.165) is 19.9 Å². The largest absolute Gasteiger partial charge is 0.350 e. The van der Waals surface area contributed by atoms with E-state index < -0.39 is 34.1 Å². The third-order valence-electron chi connectivity index (χ3n) is 7.13. The number of hydrogen-bond acceptors (Lipinski definition) is 4. The molecule has 4 aromatic rings. The van der Waals surface area contributed by atoms with E-state index in [9.17, 15) is 18.0 Å². The summed E-state index contributed by atoms with van der Waals surface area (Å²) in [7, 11) is -4.22. The number of benzene rings is 4. The fourth-order valence-corrected chi connectivity index (χ4v) is 7.05. The minimum absolute atomic E-state index is 0.0297. The third kappa shape index (κ3) is 8.96. The van der Waals surface area contributed by atoms with Gasteiger partial charge in [-0.1, -0.05) is 94.3 Å². The van der Waals surface area contributed by atoms with Crippen LogP contribution in [0, 0.1) is 6.92 Å².